The van der Waals surface area contributed by atoms with Crippen LogP contribution in [-0.2, 0) is 42.0 Å². The lowest BCUT2D eigenvalue weighted by Crippen LogP contribution is -2.38. The molecule has 2 aliphatic heterocycles. The van der Waals surface area contributed by atoms with Crippen molar-refractivity contribution >= 4 is 27.6 Å². The van der Waals surface area contributed by atoms with E-state index in [2.05, 4.69) is 58.3 Å². The first-order valence-corrected chi connectivity index (χ1v) is 17.5. The SMILES string of the molecule is CCc1c2c(nn1CCN1CCOCC1)COCCCCn1c(C(=O)O)c(CCCOc3cccc4ccccc34)c3ccc(C)c-2c31. The largest absolute Gasteiger partial charge is 0.493 e. The van der Waals surface area contributed by atoms with Crippen molar-refractivity contribution in [3.8, 4) is 16.9 Å². The van der Waals surface area contributed by atoms with Crippen molar-refractivity contribution < 1.29 is 24.1 Å². The number of carboxylic acids is 1. The Labute approximate surface area is 282 Å². The molecule has 2 aliphatic rings. The molecule has 0 bridgehead atoms. The van der Waals surface area contributed by atoms with Gasteiger partial charge in [0.2, 0.25) is 0 Å². The molecule has 0 spiro atoms. The predicted octanol–water partition coefficient (Wildman–Crippen LogP) is 6.88. The van der Waals surface area contributed by atoms with Crippen LogP contribution in [-0.4, -0.2) is 76.4 Å². The van der Waals surface area contributed by atoms with Crippen LogP contribution in [0, 0.1) is 6.92 Å². The zero-order chi connectivity index (χ0) is 33.0. The van der Waals surface area contributed by atoms with Gasteiger partial charge in [0.1, 0.15) is 11.4 Å². The summed E-state index contributed by atoms with van der Waals surface area (Å²) >= 11 is 0. The van der Waals surface area contributed by atoms with E-state index in [-0.39, 0.29) is 0 Å². The van der Waals surface area contributed by atoms with Gasteiger partial charge >= 0.3 is 5.97 Å². The minimum atomic E-state index is -0.886. The molecule has 0 saturated carbocycles. The van der Waals surface area contributed by atoms with Gasteiger partial charge in [0.15, 0.2) is 0 Å². The molecule has 1 fully saturated rings. The highest BCUT2D eigenvalue weighted by molar-refractivity contribution is 6.05. The molecule has 5 aromatic rings. The number of hydrogen-bond donors (Lipinski definition) is 1. The quantitative estimate of drug-likeness (QED) is 0.165. The van der Waals surface area contributed by atoms with Crippen molar-refractivity contribution in [2.75, 3.05) is 46.1 Å². The fraction of sp³-hybridized carbons (Fsp3) is 0.436. The highest BCUT2D eigenvalue weighted by atomic mass is 16.5. The first-order chi connectivity index (χ1) is 23.5. The summed E-state index contributed by atoms with van der Waals surface area (Å²) in [5, 5.41) is 19.2. The van der Waals surface area contributed by atoms with Crippen molar-refractivity contribution in [3.05, 3.63) is 82.8 Å². The first kappa shape index (κ1) is 32.4. The second-order valence-electron chi connectivity index (χ2n) is 12.9. The molecule has 252 valence electrons. The van der Waals surface area contributed by atoms with E-state index in [0.29, 0.717) is 44.9 Å². The summed E-state index contributed by atoms with van der Waals surface area (Å²) in [5.41, 5.74) is 7.69. The Morgan fingerprint density at radius 1 is 0.917 bits per heavy atom. The van der Waals surface area contributed by atoms with Gasteiger partial charge in [-0.05, 0) is 61.6 Å². The molecule has 0 atom stereocenters. The summed E-state index contributed by atoms with van der Waals surface area (Å²) in [7, 11) is 0. The smallest absolute Gasteiger partial charge is 0.352 e. The molecule has 1 N–H and O–H groups in total. The van der Waals surface area contributed by atoms with Crippen LogP contribution in [0.2, 0.25) is 0 Å². The zero-order valence-corrected chi connectivity index (χ0v) is 28.2. The molecule has 7 rings (SSSR count). The van der Waals surface area contributed by atoms with Crippen LogP contribution in [0.25, 0.3) is 32.8 Å². The van der Waals surface area contributed by atoms with Gasteiger partial charge in [-0.3, -0.25) is 9.58 Å². The number of carbonyl (C=O) groups is 1. The van der Waals surface area contributed by atoms with E-state index < -0.39 is 5.97 Å². The Balaban J connectivity index is 1.28. The van der Waals surface area contributed by atoms with E-state index in [1.807, 2.05) is 24.3 Å². The van der Waals surface area contributed by atoms with Crippen molar-refractivity contribution in [1.29, 1.82) is 0 Å². The Hall–Kier alpha value is -4.18. The van der Waals surface area contributed by atoms with Gasteiger partial charge in [0, 0.05) is 60.4 Å². The molecule has 9 nitrogen and oxygen atoms in total. The topological polar surface area (TPSA) is 91.0 Å². The van der Waals surface area contributed by atoms with Crippen LogP contribution in [0.3, 0.4) is 0 Å². The maximum absolute atomic E-state index is 13.1. The standard InChI is InChI=1S/C39H46N4O5/c1-3-33-36-32(40-43(33)19-18-41-20-24-46-25-21-41)26-47-22-7-6-17-42-37-31(16-15-27(2)35(36)37)30(38(42)39(44)45)13-9-23-48-34-14-8-11-28-10-4-5-12-29(28)34/h4-5,8,10-12,14-16H,3,6-7,9,13,17-26H2,1-2H3,(H,44,45). The highest BCUT2D eigenvalue weighted by Crippen LogP contribution is 2.41. The summed E-state index contributed by atoms with van der Waals surface area (Å²) in [5.74, 6) is -0.0307. The van der Waals surface area contributed by atoms with Crippen LogP contribution < -0.4 is 4.74 Å². The highest BCUT2D eigenvalue weighted by Gasteiger charge is 2.29. The van der Waals surface area contributed by atoms with Crippen molar-refractivity contribution in [1.82, 2.24) is 19.2 Å². The molecular weight excluding hydrogens is 604 g/mol. The predicted molar refractivity (Wildman–Crippen MR) is 188 cm³/mol. The molecule has 0 radical (unpaired) electrons. The molecule has 1 saturated heterocycles. The molecule has 0 unspecified atom stereocenters. The maximum atomic E-state index is 13.1. The van der Waals surface area contributed by atoms with E-state index >= 15 is 0 Å². The van der Waals surface area contributed by atoms with Crippen LogP contribution in [0.5, 0.6) is 5.75 Å². The third-order valence-corrected chi connectivity index (χ3v) is 9.92. The number of aromatic carboxylic acids is 1. The lowest BCUT2D eigenvalue weighted by Gasteiger charge is -2.26. The number of carboxylic acid groups (broad SMARTS) is 1. The number of ether oxygens (including phenoxy) is 3. The summed E-state index contributed by atoms with van der Waals surface area (Å²) < 4.78 is 22.3. The van der Waals surface area contributed by atoms with Gasteiger partial charge in [0.05, 0.1) is 44.2 Å². The van der Waals surface area contributed by atoms with E-state index in [9.17, 15) is 9.90 Å². The van der Waals surface area contributed by atoms with Gasteiger partial charge < -0.3 is 23.9 Å². The van der Waals surface area contributed by atoms with Crippen molar-refractivity contribution in [2.24, 2.45) is 0 Å². The van der Waals surface area contributed by atoms with Gasteiger partial charge in [-0.25, -0.2) is 4.79 Å². The monoisotopic (exact) mass is 650 g/mol. The number of fused-ring (bicyclic) bond motifs is 3. The fourth-order valence-electron chi connectivity index (χ4n) is 7.60. The molecule has 48 heavy (non-hydrogen) atoms. The number of morpholine rings is 1. The number of nitrogens with zero attached hydrogens (tertiary/aromatic N) is 4. The minimum absolute atomic E-state index is 0.390. The summed E-state index contributed by atoms with van der Waals surface area (Å²) in [4.78, 5) is 15.5. The number of hydrogen-bond acceptors (Lipinski definition) is 6. The molecule has 3 aromatic carbocycles. The van der Waals surface area contributed by atoms with Crippen LogP contribution in [0.15, 0.2) is 54.6 Å². The Morgan fingerprint density at radius 3 is 2.58 bits per heavy atom. The zero-order valence-electron chi connectivity index (χ0n) is 28.2. The van der Waals surface area contributed by atoms with Gasteiger partial charge in [-0.15, -0.1) is 0 Å². The number of aromatic nitrogens is 3. The Kier molecular flexibility index (Phi) is 9.79. The van der Waals surface area contributed by atoms with Crippen LogP contribution in [0.1, 0.15) is 59.2 Å². The third-order valence-electron chi connectivity index (χ3n) is 9.92. The lowest BCUT2D eigenvalue weighted by molar-refractivity contribution is 0.0358. The number of benzene rings is 3. The summed E-state index contributed by atoms with van der Waals surface area (Å²) in [6.45, 7) is 11.6. The normalized spacial score (nSPS) is 15.8. The van der Waals surface area contributed by atoms with E-state index in [4.69, 9.17) is 19.3 Å². The lowest BCUT2D eigenvalue weighted by atomic mass is 9.93. The van der Waals surface area contributed by atoms with Crippen molar-refractivity contribution in [2.45, 2.75) is 65.6 Å². The molecular formula is C39H46N4O5. The Morgan fingerprint density at radius 2 is 1.75 bits per heavy atom. The van der Waals surface area contributed by atoms with Gasteiger partial charge in [-0.1, -0.05) is 55.5 Å². The summed E-state index contributed by atoms with van der Waals surface area (Å²) in [6.07, 6.45) is 3.80. The van der Waals surface area contributed by atoms with Crippen LogP contribution in [0.4, 0.5) is 0 Å². The van der Waals surface area contributed by atoms with E-state index in [1.165, 1.54) is 5.69 Å². The second-order valence-corrected chi connectivity index (χ2v) is 12.9. The van der Waals surface area contributed by atoms with E-state index in [1.54, 1.807) is 0 Å². The van der Waals surface area contributed by atoms with Gasteiger partial charge in [0.25, 0.3) is 0 Å². The first-order valence-electron chi connectivity index (χ1n) is 17.5. The average Bonchev–Trinajstić information content (AvgIpc) is 3.61. The number of aryl methyl sites for hydroxylation is 3. The minimum Gasteiger partial charge on any atom is -0.493 e. The van der Waals surface area contributed by atoms with Crippen LogP contribution >= 0.6 is 0 Å². The third kappa shape index (κ3) is 6.34. The molecule has 4 heterocycles. The maximum Gasteiger partial charge on any atom is 0.352 e. The fourth-order valence-corrected chi connectivity index (χ4v) is 7.60. The summed E-state index contributed by atoms with van der Waals surface area (Å²) in [6, 6.07) is 18.6. The molecule has 0 aliphatic carbocycles. The van der Waals surface area contributed by atoms with Gasteiger partial charge in [-0.2, -0.15) is 5.10 Å². The molecule has 0 amide bonds. The molecule has 9 heteroatoms. The van der Waals surface area contributed by atoms with Crippen molar-refractivity contribution in [3.63, 3.8) is 0 Å². The Bertz CT molecular complexity index is 1910. The average molecular weight is 651 g/mol. The van der Waals surface area contributed by atoms with E-state index in [0.717, 1.165) is 114 Å². The second kappa shape index (κ2) is 14.5. The number of rotatable bonds is 10. The molecule has 2 aromatic heterocycles.